The molecule has 15 aliphatic rings. The minimum atomic E-state index is -0.717. The first-order valence-electron chi connectivity index (χ1n) is 46.5. The summed E-state index contributed by atoms with van der Waals surface area (Å²) in [7, 11) is 1.25. The van der Waals surface area contributed by atoms with Gasteiger partial charge in [0, 0.05) is 69.9 Å². The smallest absolute Gasteiger partial charge is 0.244 e. The zero-order chi connectivity index (χ0) is 89.6. The van der Waals surface area contributed by atoms with Crippen molar-refractivity contribution in [3.05, 3.63) is 81.7 Å². The van der Waals surface area contributed by atoms with Crippen LogP contribution in [0.5, 0.6) is 0 Å². The Kier molecular flexibility index (Phi) is 21.6. The fourth-order valence-electron chi connectivity index (χ4n) is 31.3. The van der Waals surface area contributed by atoms with Gasteiger partial charge in [0.15, 0.2) is 34.7 Å². The van der Waals surface area contributed by atoms with Gasteiger partial charge in [0.25, 0.3) is 0 Å². The van der Waals surface area contributed by atoms with Gasteiger partial charge < -0.3 is 4.42 Å². The third kappa shape index (κ3) is 12.5. The van der Waals surface area contributed by atoms with Crippen LogP contribution in [0.25, 0.3) is 0 Å². The van der Waals surface area contributed by atoms with Crippen LogP contribution < -0.4 is 10.9 Å². The Morgan fingerprint density at radius 3 is 1.17 bits per heavy atom. The number of hydrazine groups is 1. The Labute approximate surface area is 722 Å². The van der Waals surface area contributed by atoms with Gasteiger partial charge in [0.2, 0.25) is 28.8 Å². The number of hydrogen-bond donors (Lipinski definition) is 2. The molecule has 18 heteroatoms. The third-order valence-corrected chi connectivity index (χ3v) is 39.0. The average molecular weight is 1660 g/mol. The number of nitriles is 3. The standard InChI is InChI=1S/C35H49N3O4.C35H47N3O3.C31H40ClNO3.CH4/c1-9-10-26(40)37-38-29(42)35-15-13-30(2,3)19-22(35)27-23(39)17-25-32(6)18-21(20-36)28(41)31(4,5)24(32)11-12-33(25,7)34(27,8)14-16-35;1-9-10-26-37-38-29(41-26)35-15-13-30(2,3)19-22(35)27-23(39)17-25-32(6)18-21(20-36)28(40)31(4,5)24(32)11-12-33(25,7)34(27,8)14-16-35;1-26(2)10-12-31(25(32)36)13-11-30(7)23(19(31)16-26)20(34)14-22-28(5)15-18(17-33)24(35)27(3,4)21(28)8-9-29(22,30)6;/h17-18,22,24,27H,9-16,19H2,1-8H3,(H,37,40)(H,38,42);17-18,22,24,27H,9-16,19H2,1-8H3;14-15,19,21,23H,8-13,16H2,1-7H3;1H4/t2*22-,24-,27-,32-,33+,34+,35-;19-,21-,23-,28-,29+,30+,31-;/m000./s1/i;;;1T. The van der Waals surface area contributed by atoms with E-state index in [1.54, 1.807) is 0 Å². The molecule has 0 saturated heterocycles. The second kappa shape index (κ2) is 29.0. The molecule has 2 N–H and O–H groups in total. The van der Waals surface area contributed by atoms with E-state index in [0.717, 1.165) is 157 Å². The number of aryl methyl sites for hydroxylation is 1. The number of amides is 2. The van der Waals surface area contributed by atoms with Crippen LogP contribution in [0.4, 0.5) is 0 Å². The van der Waals surface area contributed by atoms with E-state index in [9.17, 15) is 58.9 Å². The molecule has 15 aliphatic carbocycles. The lowest BCUT2D eigenvalue weighted by Gasteiger charge is -2.69. The van der Waals surface area contributed by atoms with Crippen LogP contribution in [0.1, 0.15) is 334 Å². The van der Waals surface area contributed by atoms with Crippen molar-refractivity contribution in [1.29, 1.82) is 15.8 Å². The molecule has 1 aromatic heterocycles. The Balaban J connectivity index is 0.000000155. The summed E-state index contributed by atoms with van der Waals surface area (Å²) < 4.78 is 12.1. The largest absolute Gasteiger partial charge is 0.425 e. The number of allylic oxidation sites excluding steroid dienone is 12. The normalized spacial score (nSPS) is 43.1. The molecule has 0 aromatic carbocycles. The van der Waals surface area contributed by atoms with Crippen LogP contribution in [-0.2, 0) is 55.0 Å². The summed E-state index contributed by atoms with van der Waals surface area (Å²) in [6, 6.07) is 6.54. The fraction of sp³-hybridized carbons (Fsp3) is 0.745. The number of ketones is 6. The predicted octanol–water partition coefficient (Wildman–Crippen LogP) is 21.3. The molecule has 650 valence electrons. The number of aromatic nitrogens is 2. The lowest BCUT2D eigenvalue weighted by molar-refractivity contribution is -0.179. The summed E-state index contributed by atoms with van der Waals surface area (Å²) in [5, 5.41) is 38.6. The monoisotopic (exact) mass is 1660 g/mol. The number of nitrogens with zero attached hydrogens (tertiary/aromatic N) is 5. The number of Topliss-reactive ketones (excluding diaryl/α,β-unsaturated/α-hetero) is 3. The van der Waals surface area contributed by atoms with Gasteiger partial charge in [-0.15, -0.1) is 10.2 Å². The molecule has 0 unspecified atom stereocenters. The maximum atomic E-state index is 14.7. The van der Waals surface area contributed by atoms with Crippen molar-refractivity contribution in [2.45, 2.75) is 333 Å². The van der Waals surface area contributed by atoms with E-state index in [0.29, 0.717) is 31.6 Å². The van der Waals surface area contributed by atoms with E-state index in [2.05, 4.69) is 150 Å². The lowest BCUT2D eigenvalue weighted by Crippen LogP contribution is -2.67. The molecule has 9 saturated carbocycles. The van der Waals surface area contributed by atoms with E-state index in [-0.39, 0.29) is 176 Å². The maximum absolute atomic E-state index is 14.7. The molecule has 1 aromatic rings. The van der Waals surface area contributed by atoms with Gasteiger partial charge in [-0.05, 0) is 262 Å². The summed E-state index contributed by atoms with van der Waals surface area (Å²) >= 11 is 6.36. The van der Waals surface area contributed by atoms with E-state index in [1.807, 2.05) is 84.9 Å². The van der Waals surface area contributed by atoms with Gasteiger partial charge in [-0.2, -0.15) is 15.8 Å². The first-order chi connectivity index (χ1) is 56.0. The van der Waals surface area contributed by atoms with E-state index in [1.165, 1.54) is 7.40 Å². The summed E-state index contributed by atoms with van der Waals surface area (Å²) in [5.41, 5.74) is 2.50. The zero-order valence-electron chi connectivity index (χ0n) is 78.0. The van der Waals surface area contributed by atoms with Gasteiger partial charge >= 0.3 is 0 Å². The quantitative estimate of drug-likeness (QED) is 0.189. The molecule has 120 heavy (non-hydrogen) atoms. The van der Waals surface area contributed by atoms with Crippen molar-refractivity contribution in [2.24, 2.45) is 145 Å². The minimum absolute atomic E-state index is 0.00400. The lowest BCUT2D eigenvalue weighted by atomic mass is 9.34. The summed E-state index contributed by atoms with van der Waals surface area (Å²) in [5.74, 6) is 0.522. The van der Waals surface area contributed by atoms with Gasteiger partial charge in [-0.3, -0.25) is 54.0 Å². The first kappa shape index (κ1) is 89.3. The van der Waals surface area contributed by atoms with Crippen molar-refractivity contribution >= 4 is 63.4 Å². The van der Waals surface area contributed by atoms with Crippen molar-refractivity contribution in [3.63, 3.8) is 0 Å². The van der Waals surface area contributed by atoms with Crippen LogP contribution >= 0.6 is 11.6 Å². The van der Waals surface area contributed by atoms with Gasteiger partial charge in [-0.25, -0.2) is 0 Å². The Morgan fingerprint density at radius 1 is 0.458 bits per heavy atom. The highest BCUT2D eigenvalue weighted by Crippen LogP contribution is 2.80. The number of rotatable bonds is 7. The number of carbonyl (C=O) groups excluding carboxylic acids is 9. The maximum Gasteiger partial charge on any atom is 0.244 e. The van der Waals surface area contributed by atoms with Crippen LogP contribution in [0.2, 0.25) is 0 Å². The number of hydrogen-bond acceptors (Lipinski definition) is 15. The minimum Gasteiger partial charge on any atom is -0.425 e. The average Bonchev–Trinajstić information content (AvgIpc) is 0.960. The number of carbonyl (C=O) groups is 9. The number of fused-ring (bicyclic) bond motifs is 21. The van der Waals surface area contributed by atoms with Crippen molar-refractivity contribution in [2.75, 3.05) is 0 Å². The van der Waals surface area contributed by atoms with Crippen LogP contribution in [0.15, 0.2) is 74.3 Å². The number of nitrogens with one attached hydrogen (secondary N) is 2. The van der Waals surface area contributed by atoms with Crippen LogP contribution in [-0.4, -0.2) is 62.0 Å². The molecule has 1 heterocycles. The van der Waals surface area contributed by atoms with E-state index < -0.39 is 43.3 Å². The zero-order valence-corrected chi connectivity index (χ0v) is 77.8. The Hall–Kier alpha value is -7.03. The van der Waals surface area contributed by atoms with Gasteiger partial charge in [-0.1, -0.05) is 202 Å². The van der Waals surface area contributed by atoms with Crippen molar-refractivity contribution in [3.8, 4) is 18.2 Å². The second-order valence-corrected chi connectivity index (χ2v) is 47.4. The molecular formula is C102H140ClN7O10. The van der Waals surface area contributed by atoms with E-state index >= 15 is 0 Å². The summed E-state index contributed by atoms with van der Waals surface area (Å²) in [4.78, 5) is 123. The van der Waals surface area contributed by atoms with Gasteiger partial charge in [0.1, 0.15) is 18.2 Å². The van der Waals surface area contributed by atoms with Crippen LogP contribution in [0.3, 0.4) is 0 Å². The molecule has 21 atom stereocenters. The molecular weight excluding hydrogens is 1520 g/mol. The fourth-order valence-corrected chi connectivity index (χ4v) is 31.6. The molecule has 0 spiro atoms. The molecule has 2 amide bonds. The van der Waals surface area contributed by atoms with E-state index in [4.69, 9.17) is 17.4 Å². The second-order valence-electron chi connectivity index (χ2n) is 47.0. The Bertz CT molecular complexity index is 4920. The first-order valence-corrected chi connectivity index (χ1v) is 45.9. The van der Waals surface area contributed by atoms with Gasteiger partial charge in [0.05, 0.1) is 27.5 Å². The topological polar surface area (TPSA) is 288 Å². The molecule has 16 rings (SSSR count). The molecule has 0 bridgehead atoms. The number of halogens is 1. The Morgan fingerprint density at radius 2 is 0.792 bits per heavy atom. The summed E-state index contributed by atoms with van der Waals surface area (Å²) in [6.07, 6.45) is 32.1. The molecule has 9 fully saturated rings. The van der Waals surface area contributed by atoms with Crippen molar-refractivity contribution < 1.29 is 48.9 Å². The van der Waals surface area contributed by atoms with Crippen LogP contribution in [0, 0.1) is 179 Å². The highest BCUT2D eigenvalue weighted by atomic mass is 35.5. The molecule has 17 nitrogen and oxygen atoms in total. The molecule has 0 radical (unpaired) electrons. The highest BCUT2D eigenvalue weighted by Gasteiger charge is 2.76. The third-order valence-electron chi connectivity index (χ3n) is 38.6. The van der Waals surface area contributed by atoms with Crippen molar-refractivity contribution in [1.82, 2.24) is 21.0 Å². The highest BCUT2D eigenvalue weighted by molar-refractivity contribution is 6.64. The predicted molar refractivity (Wildman–Crippen MR) is 463 cm³/mol. The molecule has 0 aliphatic heterocycles. The SMILES string of the molecule is CC1(C)CC[C@]2(C(=O)Cl)CC[C@]3(C)[C@H](C(=O)C=C4[C@@]5(C)C=C(C#N)C(=O)C(C)(C)[C@@H]5CC[C@]43C)[C@@H]2C1.CCCC(=O)NNC(=O)[C@]12CCC(C)(C)C[C@H]1[C@H]1C(=O)C=C3[C@@]4(C)C=C(C#N)C(=O)C(C)(C)[C@@H]4CC[C@@]3(C)[C@]1(C)CC2.CCCc1nnc([C@]23CCC(C)(C)C[C@H]2[C@H]2C(=O)C=C4[C@@]5(C)C=C(C#N)C(=O)C(C)(C)[C@@H]5CC[C@@]4(C)[C@]2(C)CC3)o1.[3H]C. The summed E-state index contributed by atoms with van der Waals surface area (Å²) in [6.45, 7) is 49.9.